The van der Waals surface area contributed by atoms with Gasteiger partial charge in [0.1, 0.15) is 10.7 Å². The zero-order valence-electron chi connectivity index (χ0n) is 8.70. The lowest BCUT2D eigenvalue weighted by Crippen LogP contribution is -2.34. The van der Waals surface area contributed by atoms with Gasteiger partial charge in [0.05, 0.1) is 5.02 Å². The van der Waals surface area contributed by atoms with Crippen LogP contribution in [0.15, 0.2) is 17.2 Å². The van der Waals surface area contributed by atoms with Crippen molar-refractivity contribution in [3.05, 3.63) is 17.3 Å². The molecule has 0 amide bonds. The van der Waals surface area contributed by atoms with Crippen LogP contribution in [0.25, 0.3) is 0 Å². The average molecular weight is 262 g/mol. The molecule has 7 heteroatoms. The van der Waals surface area contributed by atoms with Gasteiger partial charge in [-0.2, -0.15) is 0 Å². The van der Waals surface area contributed by atoms with Crippen LogP contribution in [0.5, 0.6) is 0 Å². The molecule has 3 N–H and O–H groups in total. The van der Waals surface area contributed by atoms with Crippen molar-refractivity contribution >= 4 is 27.4 Å². The molecule has 16 heavy (non-hydrogen) atoms. The van der Waals surface area contributed by atoms with E-state index in [1.807, 2.05) is 6.92 Å². The van der Waals surface area contributed by atoms with Crippen molar-refractivity contribution in [3.63, 3.8) is 0 Å². The van der Waals surface area contributed by atoms with E-state index in [2.05, 4.69) is 9.71 Å². The largest absolute Gasteiger partial charge is 0.382 e. The SMILES string of the molecule is CC1(NS(=O)(=O)c2cnc(N)c(Cl)c2)CC1. The molecule has 0 aromatic carbocycles. The summed E-state index contributed by atoms with van der Waals surface area (Å²) in [5, 5.41) is 0.142. The number of aromatic nitrogens is 1. The Kier molecular flexibility index (Phi) is 2.60. The molecule has 1 aromatic heterocycles. The van der Waals surface area contributed by atoms with E-state index >= 15 is 0 Å². The molecule has 1 heterocycles. The first-order valence-electron chi connectivity index (χ1n) is 4.77. The van der Waals surface area contributed by atoms with Crippen molar-refractivity contribution in [3.8, 4) is 0 Å². The summed E-state index contributed by atoms with van der Waals surface area (Å²) in [6, 6.07) is 1.30. The molecule has 0 spiro atoms. The smallest absolute Gasteiger partial charge is 0.242 e. The predicted molar refractivity (Wildman–Crippen MR) is 61.6 cm³/mol. The van der Waals surface area contributed by atoms with Crippen LogP contribution in [0, 0.1) is 0 Å². The number of nitrogens with zero attached hydrogens (tertiary/aromatic N) is 1. The van der Waals surface area contributed by atoms with Crippen LogP contribution in [0.1, 0.15) is 19.8 Å². The fourth-order valence-corrected chi connectivity index (χ4v) is 2.92. The minimum absolute atomic E-state index is 0.0415. The number of nitrogen functional groups attached to an aromatic ring is 1. The Labute approximate surface area is 99.1 Å². The number of halogens is 1. The minimum atomic E-state index is -3.55. The molecule has 1 fully saturated rings. The summed E-state index contributed by atoms with van der Waals surface area (Å²) in [4.78, 5) is 3.76. The fraction of sp³-hybridized carbons (Fsp3) is 0.444. The summed E-state index contributed by atoms with van der Waals surface area (Å²) in [6.45, 7) is 1.86. The van der Waals surface area contributed by atoms with Crippen LogP contribution in [0.4, 0.5) is 5.82 Å². The van der Waals surface area contributed by atoms with E-state index in [4.69, 9.17) is 17.3 Å². The van der Waals surface area contributed by atoms with Crippen molar-refractivity contribution in [1.82, 2.24) is 9.71 Å². The zero-order chi connectivity index (χ0) is 12.0. The van der Waals surface area contributed by atoms with Crippen LogP contribution in [-0.4, -0.2) is 18.9 Å². The van der Waals surface area contributed by atoms with Gasteiger partial charge in [0.15, 0.2) is 0 Å². The van der Waals surface area contributed by atoms with Gasteiger partial charge in [-0.15, -0.1) is 0 Å². The number of anilines is 1. The highest BCUT2D eigenvalue weighted by molar-refractivity contribution is 7.89. The van der Waals surface area contributed by atoms with Crippen molar-refractivity contribution in [1.29, 1.82) is 0 Å². The van der Waals surface area contributed by atoms with E-state index < -0.39 is 10.0 Å². The lowest BCUT2D eigenvalue weighted by molar-refractivity contribution is 0.557. The normalized spacial score (nSPS) is 18.4. The molecule has 1 aliphatic rings. The minimum Gasteiger partial charge on any atom is -0.382 e. The number of nitrogens with two attached hydrogens (primary N) is 1. The highest BCUT2D eigenvalue weighted by Gasteiger charge is 2.41. The fourth-order valence-electron chi connectivity index (χ4n) is 1.25. The van der Waals surface area contributed by atoms with E-state index in [0.29, 0.717) is 0 Å². The van der Waals surface area contributed by atoms with Crippen LogP contribution < -0.4 is 10.5 Å². The molecule has 0 bridgehead atoms. The van der Waals surface area contributed by atoms with E-state index in [0.717, 1.165) is 12.8 Å². The average Bonchev–Trinajstić information content (AvgIpc) is 2.86. The molecule has 2 rings (SSSR count). The maximum absolute atomic E-state index is 11.9. The second-order valence-electron chi connectivity index (χ2n) is 4.20. The standard InChI is InChI=1S/C9H12ClN3O2S/c1-9(2-3-9)13-16(14,15)6-4-7(10)8(11)12-5-6/h4-5,13H,2-3H2,1H3,(H2,11,12). The summed E-state index contributed by atoms with van der Waals surface area (Å²) in [6.07, 6.45) is 2.90. The zero-order valence-corrected chi connectivity index (χ0v) is 10.3. The Balaban J connectivity index is 2.32. The van der Waals surface area contributed by atoms with E-state index in [9.17, 15) is 8.42 Å². The van der Waals surface area contributed by atoms with Crippen molar-refractivity contribution in [2.45, 2.75) is 30.2 Å². The molecule has 1 saturated carbocycles. The predicted octanol–water partition coefficient (Wildman–Crippen LogP) is 1.15. The van der Waals surface area contributed by atoms with Gasteiger partial charge in [0, 0.05) is 11.7 Å². The third kappa shape index (κ3) is 2.28. The molecule has 0 unspecified atom stereocenters. The Morgan fingerprint density at radius 2 is 2.19 bits per heavy atom. The summed E-state index contributed by atoms with van der Waals surface area (Å²) in [5.74, 6) is 0.123. The Bertz CT molecular complexity index is 526. The Hall–Kier alpha value is -0.850. The van der Waals surface area contributed by atoms with E-state index in [-0.39, 0.29) is 21.3 Å². The highest BCUT2D eigenvalue weighted by Crippen LogP contribution is 2.36. The van der Waals surface area contributed by atoms with Gasteiger partial charge in [-0.25, -0.2) is 18.1 Å². The molecule has 5 nitrogen and oxygen atoms in total. The number of sulfonamides is 1. The van der Waals surface area contributed by atoms with Crippen molar-refractivity contribution in [2.75, 3.05) is 5.73 Å². The Morgan fingerprint density at radius 3 is 2.69 bits per heavy atom. The van der Waals surface area contributed by atoms with Gasteiger partial charge < -0.3 is 5.73 Å². The third-order valence-electron chi connectivity index (χ3n) is 2.54. The first kappa shape index (κ1) is 11.6. The quantitative estimate of drug-likeness (QED) is 0.855. The van der Waals surface area contributed by atoms with Crippen LogP contribution in [-0.2, 0) is 10.0 Å². The first-order valence-corrected chi connectivity index (χ1v) is 6.64. The molecule has 0 saturated heterocycles. The summed E-state index contributed by atoms with van der Waals surface area (Å²) >= 11 is 5.73. The maximum Gasteiger partial charge on any atom is 0.242 e. The molecular weight excluding hydrogens is 250 g/mol. The van der Waals surface area contributed by atoms with Crippen molar-refractivity contribution < 1.29 is 8.42 Å². The lowest BCUT2D eigenvalue weighted by Gasteiger charge is -2.12. The number of hydrogen-bond acceptors (Lipinski definition) is 4. The molecular formula is C9H12ClN3O2S. The molecule has 1 aliphatic carbocycles. The monoisotopic (exact) mass is 261 g/mol. The van der Waals surface area contributed by atoms with Crippen LogP contribution >= 0.6 is 11.6 Å². The second kappa shape index (κ2) is 3.58. The second-order valence-corrected chi connectivity index (χ2v) is 6.29. The molecule has 1 aromatic rings. The van der Waals surface area contributed by atoms with Crippen molar-refractivity contribution in [2.24, 2.45) is 0 Å². The summed E-state index contributed by atoms with van der Waals surface area (Å²) in [7, 11) is -3.55. The molecule has 0 aliphatic heterocycles. The topological polar surface area (TPSA) is 85.1 Å². The van der Waals surface area contributed by atoms with Crippen LogP contribution in [0.3, 0.4) is 0 Å². The van der Waals surface area contributed by atoms with E-state index in [1.165, 1.54) is 12.3 Å². The number of rotatable bonds is 3. The van der Waals surface area contributed by atoms with Crippen LogP contribution in [0.2, 0.25) is 5.02 Å². The molecule has 88 valence electrons. The van der Waals surface area contributed by atoms with Gasteiger partial charge in [-0.1, -0.05) is 11.6 Å². The van der Waals surface area contributed by atoms with E-state index in [1.54, 1.807) is 0 Å². The number of nitrogens with one attached hydrogen (secondary N) is 1. The maximum atomic E-state index is 11.9. The highest BCUT2D eigenvalue weighted by atomic mass is 35.5. The van der Waals surface area contributed by atoms with Gasteiger partial charge in [-0.3, -0.25) is 0 Å². The lowest BCUT2D eigenvalue weighted by atomic mass is 10.4. The number of pyridine rings is 1. The third-order valence-corrected chi connectivity index (χ3v) is 4.44. The summed E-state index contributed by atoms with van der Waals surface area (Å²) in [5.41, 5.74) is 5.10. The van der Waals surface area contributed by atoms with Gasteiger partial charge in [0.25, 0.3) is 0 Å². The molecule has 0 atom stereocenters. The first-order chi connectivity index (χ1) is 7.32. The van der Waals surface area contributed by atoms with Gasteiger partial charge in [-0.05, 0) is 25.8 Å². The Morgan fingerprint density at radius 1 is 1.56 bits per heavy atom. The molecule has 0 radical (unpaired) electrons. The summed E-state index contributed by atoms with van der Waals surface area (Å²) < 4.78 is 26.4. The van der Waals surface area contributed by atoms with Gasteiger partial charge in [0.2, 0.25) is 10.0 Å². The number of hydrogen-bond donors (Lipinski definition) is 2. The van der Waals surface area contributed by atoms with Gasteiger partial charge >= 0.3 is 0 Å².